The molecule has 0 spiro atoms. The average Bonchev–Trinajstić information content (AvgIpc) is 2.96. The van der Waals surface area contributed by atoms with Gasteiger partial charge >= 0.3 is 17.9 Å². The zero-order valence-corrected chi connectivity index (χ0v) is 13.6. The fourth-order valence-corrected chi connectivity index (χ4v) is 2.59. The van der Waals surface area contributed by atoms with Gasteiger partial charge in [0.1, 0.15) is 0 Å². The molecule has 2 aromatic carbocycles. The number of hydrogen-bond acceptors (Lipinski definition) is 7. The van der Waals surface area contributed by atoms with E-state index in [2.05, 4.69) is 5.32 Å². The first-order chi connectivity index (χ1) is 12.0. The molecule has 1 aliphatic heterocycles. The van der Waals surface area contributed by atoms with E-state index in [1.54, 1.807) is 24.3 Å². The second-order valence-corrected chi connectivity index (χ2v) is 5.30. The van der Waals surface area contributed by atoms with Crippen molar-refractivity contribution in [1.82, 2.24) is 0 Å². The molecular formula is C18H15NO6. The van der Waals surface area contributed by atoms with Crippen LogP contribution < -0.4 is 5.32 Å². The Hall–Kier alpha value is -3.35. The van der Waals surface area contributed by atoms with Crippen molar-refractivity contribution in [2.75, 3.05) is 19.5 Å². The lowest BCUT2D eigenvalue weighted by Gasteiger charge is -2.16. The van der Waals surface area contributed by atoms with Crippen LogP contribution in [0, 0.1) is 0 Å². The van der Waals surface area contributed by atoms with Crippen LogP contribution in [-0.4, -0.2) is 32.1 Å². The number of carbonyl (C=O) groups is 3. The second-order valence-electron chi connectivity index (χ2n) is 5.30. The van der Waals surface area contributed by atoms with Gasteiger partial charge in [-0.25, -0.2) is 14.4 Å². The first kappa shape index (κ1) is 16.5. The molecule has 0 fully saturated rings. The van der Waals surface area contributed by atoms with Gasteiger partial charge < -0.3 is 19.5 Å². The summed E-state index contributed by atoms with van der Waals surface area (Å²) in [6.45, 7) is 0. The predicted octanol–water partition coefficient (Wildman–Crippen LogP) is 2.54. The number of anilines is 1. The molecule has 1 N–H and O–H groups in total. The molecule has 1 aliphatic rings. The van der Waals surface area contributed by atoms with Gasteiger partial charge in [-0.3, -0.25) is 0 Å². The summed E-state index contributed by atoms with van der Waals surface area (Å²) in [6, 6.07) is 11.4. The summed E-state index contributed by atoms with van der Waals surface area (Å²) < 4.78 is 14.7. The highest BCUT2D eigenvalue weighted by Crippen LogP contribution is 2.32. The number of carbonyl (C=O) groups excluding carboxylic acids is 3. The Morgan fingerprint density at radius 2 is 1.60 bits per heavy atom. The second kappa shape index (κ2) is 6.64. The van der Waals surface area contributed by atoms with Gasteiger partial charge in [-0.1, -0.05) is 18.2 Å². The van der Waals surface area contributed by atoms with E-state index in [1.165, 1.54) is 32.4 Å². The quantitative estimate of drug-likeness (QED) is 0.675. The molecule has 1 unspecified atom stereocenters. The average molecular weight is 341 g/mol. The van der Waals surface area contributed by atoms with Crippen LogP contribution in [0.15, 0.2) is 42.5 Å². The van der Waals surface area contributed by atoms with E-state index in [-0.39, 0.29) is 11.1 Å². The number of rotatable bonds is 4. The van der Waals surface area contributed by atoms with Gasteiger partial charge in [-0.05, 0) is 24.3 Å². The summed E-state index contributed by atoms with van der Waals surface area (Å²) in [6.07, 6.45) is -0.720. The van der Waals surface area contributed by atoms with Crippen molar-refractivity contribution in [3.8, 4) is 0 Å². The van der Waals surface area contributed by atoms with Crippen molar-refractivity contribution in [1.29, 1.82) is 0 Å². The molecular weight excluding hydrogens is 326 g/mol. The molecule has 1 heterocycles. The van der Waals surface area contributed by atoms with Crippen LogP contribution in [0.3, 0.4) is 0 Å². The molecule has 0 saturated carbocycles. The highest BCUT2D eigenvalue weighted by Gasteiger charge is 2.30. The molecule has 3 rings (SSSR count). The van der Waals surface area contributed by atoms with Gasteiger partial charge in [0.25, 0.3) is 0 Å². The fraction of sp³-hybridized carbons (Fsp3) is 0.167. The van der Waals surface area contributed by atoms with Crippen LogP contribution in [0.1, 0.15) is 42.9 Å². The third-order valence-corrected chi connectivity index (χ3v) is 3.76. The normalized spacial score (nSPS) is 15.1. The Balaban J connectivity index is 1.96. The molecule has 0 bridgehead atoms. The molecule has 2 aromatic rings. The minimum Gasteiger partial charge on any atom is -0.465 e. The summed E-state index contributed by atoms with van der Waals surface area (Å²) in [4.78, 5) is 35.6. The lowest BCUT2D eigenvalue weighted by atomic mass is 10.1. The monoisotopic (exact) mass is 341 g/mol. The fourth-order valence-electron chi connectivity index (χ4n) is 2.59. The van der Waals surface area contributed by atoms with Crippen molar-refractivity contribution in [3.05, 3.63) is 64.7 Å². The van der Waals surface area contributed by atoms with Crippen LogP contribution in [0.4, 0.5) is 5.69 Å². The molecule has 7 heteroatoms. The van der Waals surface area contributed by atoms with Crippen molar-refractivity contribution in [2.24, 2.45) is 0 Å². The van der Waals surface area contributed by atoms with Crippen molar-refractivity contribution < 1.29 is 28.6 Å². The van der Waals surface area contributed by atoms with Gasteiger partial charge in [0.15, 0.2) is 0 Å². The summed E-state index contributed by atoms with van der Waals surface area (Å²) in [5.74, 6) is -1.64. The Kier molecular flexibility index (Phi) is 4.38. The maximum absolute atomic E-state index is 11.9. The van der Waals surface area contributed by atoms with E-state index < -0.39 is 24.1 Å². The lowest BCUT2D eigenvalue weighted by Crippen LogP contribution is -2.13. The number of methoxy groups -OCH3 is 2. The van der Waals surface area contributed by atoms with E-state index in [1.807, 2.05) is 0 Å². The molecule has 0 saturated heterocycles. The molecule has 7 nitrogen and oxygen atoms in total. The molecule has 0 radical (unpaired) electrons. The molecule has 0 aromatic heterocycles. The SMILES string of the molecule is COC(=O)c1cc(NC2OC(=O)c3ccccc32)cc(C(=O)OC)c1. The highest BCUT2D eigenvalue weighted by atomic mass is 16.6. The van der Waals surface area contributed by atoms with Gasteiger partial charge in [0.2, 0.25) is 6.23 Å². The number of cyclic esters (lactones) is 1. The lowest BCUT2D eigenvalue weighted by molar-refractivity contribution is 0.0435. The largest absolute Gasteiger partial charge is 0.465 e. The zero-order chi connectivity index (χ0) is 18.0. The molecule has 0 amide bonds. The Morgan fingerprint density at radius 3 is 2.20 bits per heavy atom. The Morgan fingerprint density at radius 1 is 1.00 bits per heavy atom. The van der Waals surface area contributed by atoms with E-state index in [4.69, 9.17) is 14.2 Å². The Bertz CT molecular complexity index is 826. The number of fused-ring (bicyclic) bond motifs is 1. The van der Waals surface area contributed by atoms with E-state index in [0.717, 1.165) is 0 Å². The topological polar surface area (TPSA) is 90.9 Å². The minimum absolute atomic E-state index is 0.172. The third-order valence-electron chi connectivity index (χ3n) is 3.76. The third kappa shape index (κ3) is 3.16. The maximum Gasteiger partial charge on any atom is 0.340 e. The van der Waals surface area contributed by atoms with Crippen molar-refractivity contribution >= 4 is 23.6 Å². The molecule has 25 heavy (non-hydrogen) atoms. The van der Waals surface area contributed by atoms with Gasteiger partial charge in [0.05, 0.1) is 30.9 Å². The summed E-state index contributed by atoms with van der Waals surface area (Å²) in [5, 5.41) is 3.01. The van der Waals surface area contributed by atoms with Gasteiger partial charge in [-0.2, -0.15) is 0 Å². The van der Waals surface area contributed by atoms with Crippen LogP contribution in [0.5, 0.6) is 0 Å². The van der Waals surface area contributed by atoms with Crippen LogP contribution in [0.2, 0.25) is 0 Å². The highest BCUT2D eigenvalue weighted by molar-refractivity contribution is 5.97. The minimum atomic E-state index is -0.720. The standard InChI is InChI=1S/C18H15NO6/c1-23-16(20)10-7-11(17(21)24-2)9-12(8-10)19-15-13-5-3-4-6-14(13)18(22)25-15/h3-9,15,19H,1-2H3. The van der Waals surface area contributed by atoms with Crippen molar-refractivity contribution in [3.63, 3.8) is 0 Å². The molecule has 0 aliphatic carbocycles. The summed E-state index contributed by atoms with van der Waals surface area (Å²) in [5.41, 5.74) is 1.90. The van der Waals surface area contributed by atoms with Crippen LogP contribution in [-0.2, 0) is 14.2 Å². The smallest absolute Gasteiger partial charge is 0.340 e. The van der Waals surface area contributed by atoms with Crippen molar-refractivity contribution in [2.45, 2.75) is 6.23 Å². The first-order valence-corrected chi connectivity index (χ1v) is 7.41. The zero-order valence-electron chi connectivity index (χ0n) is 13.6. The predicted molar refractivity (Wildman–Crippen MR) is 87.3 cm³/mol. The summed E-state index contributed by atoms with van der Waals surface area (Å²) >= 11 is 0. The molecule has 1 atom stereocenters. The number of nitrogens with one attached hydrogen (secondary N) is 1. The Labute approximate surface area is 143 Å². The number of benzene rings is 2. The van der Waals surface area contributed by atoms with E-state index >= 15 is 0 Å². The summed E-state index contributed by atoms with van der Waals surface area (Å²) in [7, 11) is 2.49. The van der Waals surface area contributed by atoms with Crippen LogP contribution >= 0.6 is 0 Å². The first-order valence-electron chi connectivity index (χ1n) is 7.41. The van der Waals surface area contributed by atoms with Crippen LogP contribution in [0.25, 0.3) is 0 Å². The number of esters is 3. The van der Waals surface area contributed by atoms with Gasteiger partial charge in [-0.15, -0.1) is 0 Å². The van der Waals surface area contributed by atoms with E-state index in [9.17, 15) is 14.4 Å². The maximum atomic E-state index is 11.9. The van der Waals surface area contributed by atoms with E-state index in [0.29, 0.717) is 16.8 Å². The number of ether oxygens (including phenoxy) is 3. The van der Waals surface area contributed by atoms with Gasteiger partial charge in [0, 0.05) is 11.3 Å². The molecule has 128 valence electrons. The number of hydrogen-bond donors (Lipinski definition) is 1.